The highest BCUT2D eigenvalue weighted by molar-refractivity contribution is 8.00. The van der Waals surface area contributed by atoms with Gasteiger partial charge in [0, 0.05) is 12.4 Å². The molecule has 1 unspecified atom stereocenters. The minimum Gasteiger partial charge on any atom is -0.480 e. The predicted molar refractivity (Wildman–Crippen MR) is 59.5 cm³/mol. The highest BCUT2D eigenvalue weighted by atomic mass is 32.2. The van der Waals surface area contributed by atoms with E-state index in [4.69, 9.17) is 15.9 Å². The Bertz CT molecular complexity index is 400. The topological polar surface area (TPSA) is 126 Å². The molecular weight excluding hydrogens is 246 g/mol. The lowest BCUT2D eigenvalue weighted by molar-refractivity contribution is -0.139. The van der Waals surface area contributed by atoms with E-state index in [0.717, 1.165) is 11.8 Å². The molecule has 17 heavy (non-hydrogen) atoms. The molecule has 0 amide bonds. The van der Waals surface area contributed by atoms with E-state index < -0.39 is 23.2 Å². The Morgan fingerprint density at radius 3 is 2.35 bits per heavy atom. The molecule has 7 nitrogen and oxygen atoms in total. The Balaban J connectivity index is 2.67. The van der Waals surface area contributed by atoms with Gasteiger partial charge in [0.15, 0.2) is 5.16 Å². The maximum absolute atomic E-state index is 10.9. The number of aromatic nitrogens is 2. The highest BCUT2D eigenvalue weighted by Crippen LogP contribution is 2.22. The van der Waals surface area contributed by atoms with Crippen LogP contribution in [0.4, 0.5) is 0 Å². The Hall–Kier alpha value is -1.67. The van der Waals surface area contributed by atoms with Crippen LogP contribution in [0.25, 0.3) is 0 Å². The van der Waals surface area contributed by atoms with Crippen molar-refractivity contribution in [2.45, 2.75) is 22.9 Å². The third-order valence-electron chi connectivity index (χ3n) is 1.85. The fourth-order valence-corrected chi connectivity index (χ4v) is 1.91. The summed E-state index contributed by atoms with van der Waals surface area (Å²) in [7, 11) is 0. The Labute approximate surface area is 101 Å². The summed E-state index contributed by atoms with van der Waals surface area (Å²) in [5.41, 5.74) is 5.29. The predicted octanol–water partition coefficient (Wildman–Crippen LogP) is -0.176. The van der Waals surface area contributed by atoms with Gasteiger partial charge in [-0.3, -0.25) is 9.59 Å². The van der Waals surface area contributed by atoms with Gasteiger partial charge in [0.05, 0.1) is 0 Å². The normalized spacial score (nSPS) is 13.9. The number of carbonyl (C=O) groups is 2. The summed E-state index contributed by atoms with van der Waals surface area (Å²) < 4.78 is 0. The number of carboxylic acids is 2. The monoisotopic (exact) mass is 257 g/mol. The third kappa shape index (κ3) is 4.37. The Morgan fingerprint density at radius 1 is 1.29 bits per heavy atom. The van der Waals surface area contributed by atoms with Gasteiger partial charge in [-0.1, -0.05) is 11.8 Å². The van der Waals surface area contributed by atoms with Crippen LogP contribution in [0.1, 0.15) is 6.42 Å². The maximum atomic E-state index is 10.9. The largest absolute Gasteiger partial charge is 0.480 e. The van der Waals surface area contributed by atoms with Gasteiger partial charge in [0.25, 0.3) is 0 Å². The van der Waals surface area contributed by atoms with Crippen LogP contribution in [0.2, 0.25) is 0 Å². The van der Waals surface area contributed by atoms with Crippen molar-refractivity contribution in [2.75, 3.05) is 0 Å². The van der Waals surface area contributed by atoms with E-state index in [1.807, 2.05) is 0 Å². The summed E-state index contributed by atoms with van der Waals surface area (Å²) in [6.45, 7) is 0. The molecule has 0 aliphatic heterocycles. The lowest BCUT2D eigenvalue weighted by atomic mass is 10.2. The molecule has 1 aromatic heterocycles. The molecule has 0 bridgehead atoms. The molecule has 0 radical (unpaired) electrons. The molecule has 0 fully saturated rings. The molecule has 2 atom stereocenters. The Morgan fingerprint density at radius 2 is 1.88 bits per heavy atom. The van der Waals surface area contributed by atoms with Crippen molar-refractivity contribution in [1.29, 1.82) is 0 Å². The number of hydrogen-bond donors (Lipinski definition) is 3. The number of rotatable bonds is 6. The van der Waals surface area contributed by atoms with E-state index in [0.29, 0.717) is 0 Å². The number of thioether (sulfide) groups is 1. The van der Waals surface area contributed by atoms with Crippen molar-refractivity contribution < 1.29 is 19.8 Å². The summed E-state index contributed by atoms with van der Waals surface area (Å²) >= 11 is 0.877. The van der Waals surface area contributed by atoms with E-state index in [2.05, 4.69) is 9.97 Å². The van der Waals surface area contributed by atoms with Crippen LogP contribution in [0.5, 0.6) is 0 Å². The molecule has 1 aromatic rings. The van der Waals surface area contributed by atoms with Crippen LogP contribution >= 0.6 is 11.8 Å². The fraction of sp³-hybridized carbons (Fsp3) is 0.333. The second-order valence-electron chi connectivity index (χ2n) is 3.16. The third-order valence-corrected chi connectivity index (χ3v) is 2.95. The van der Waals surface area contributed by atoms with Gasteiger partial charge in [-0.2, -0.15) is 0 Å². The molecule has 0 saturated heterocycles. The molecule has 1 heterocycles. The lowest BCUT2D eigenvalue weighted by Crippen LogP contribution is -2.35. The number of nitrogens with two attached hydrogens (primary N) is 1. The van der Waals surface area contributed by atoms with Crippen LogP contribution in [-0.2, 0) is 9.59 Å². The highest BCUT2D eigenvalue weighted by Gasteiger charge is 2.26. The van der Waals surface area contributed by atoms with Crippen LogP contribution in [0.15, 0.2) is 23.6 Å². The maximum Gasteiger partial charge on any atom is 0.320 e. The van der Waals surface area contributed by atoms with Gasteiger partial charge in [-0.25, -0.2) is 9.97 Å². The molecular formula is C9H11N3O4S. The van der Waals surface area contributed by atoms with Crippen molar-refractivity contribution in [1.82, 2.24) is 9.97 Å². The summed E-state index contributed by atoms with van der Waals surface area (Å²) in [6, 6.07) is 0.385. The second kappa shape index (κ2) is 6.16. The van der Waals surface area contributed by atoms with Crippen molar-refractivity contribution >= 4 is 23.7 Å². The average Bonchev–Trinajstić information content (AvgIpc) is 2.29. The quantitative estimate of drug-likeness (QED) is 0.473. The molecule has 0 aliphatic rings. The van der Waals surface area contributed by atoms with E-state index in [9.17, 15) is 9.59 Å². The van der Waals surface area contributed by atoms with Crippen molar-refractivity contribution in [3.05, 3.63) is 18.5 Å². The van der Waals surface area contributed by atoms with Crippen LogP contribution < -0.4 is 5.73 Å². The van der Waals surface area contributed by atoms with Crippen molar-refractivity contribution in [3.8, 4) is 0 Å². The fourth-order valence-electron chi connectivity index (χ4n) is 1.00. The molecule has 0 saturated carbocycles. The summed E-state index contributed by atoms with van der Waals surface area (Å²) in [5, 5.41) is 16.9. The minimum absolute atomic E-state index is 0.187. The molecule has 92 valence electrons. The molecule has 1 rings (SSSR count). The summed E-state index contributed by atoms with van der Waals surface area (Å²) in [6.07, 6.45) is 2.77. The first-order chi connectivity index (χ1) is 8.00. The van der Waals surface area contributed by atoms with E-state index in [-0.39, 0.29) is 11.6 Å². The molecule has 0 aromatic carbocycles. The van der Waals surface area contributed by atoms with Gasteiger partial charge in [0.2, 0.25) is 0 Å². The molecule has 4 N–H and O–H groups in total. The molecule has 0 spiro atoms. The van der Waals surface area contributed by atoms with Crippen molar-refractivity contribution in [3.63, 3.8) is 0 Å². The first-order valence-corrected chi connectivity index (χ1v) is 5.53. The number of carboxylic acid groups (broad SMARTS) is 2. The summed E-state index contributed by atoms with van der Waals surface area (Å²) in [5.74, 6) is -2.37. The zero-order valence-corrected chi connectivity index (χ0v) is 9.50. The van der Waals surface area contributed by atoms with Gasteiger partial charge in [0.1, 0.15) is 11.3 Å². The van der Waals surface area contributed by atoms with Gasteiger partial charge >= 0.3 is 11.9 Å². The smallest absolute Gasteiger partial charge is 0.320 e. The standard InChI is InChI=1S/C9H11N3O4S/c10-5(7(13)14)4-6(8(15)16)17-9-11-2-1-3-12-9/h1-3,5-6H,4,10H2,(H,13,14)(H,15,16)/t5-,6?/m0/s1. The Kier molecular flexibility index (Phi) is 4.85. The SMILES string of the molecule is N[C@@H](CC(Sc1ncccn1)C(=O)O)C(=O)O. The van der Waals surface area contributed by atoms with Gasteiger partial charge in [-0.15, -0.1) is 0 Å². The molecule has 8 heteroatoms. The second-order valence-corrected chi connectivity index (χ2v) is 4.33. The van der Waals surface area contributed by atoms with Gasteiger partial charge < -0.3 is 15.9 Å². The van der Waals surface area contributed by atoms with E-state index in [1.54, 1.807) is 6.07 Å². The lowest BCUT2D eigenvalue weighted by Gasteiger charge is -2.13. The number of hydrogen-bond acceptors (Lipinski definition) is 6. The molecule has 0 aliphatic carbocycles. The van der Waals surface area contributed by atoms with Crippen molar-refractivity contribution in [2.24, 2.45) is 5.73 Å². The first-order valence-electron chi connectivity index (χ1n) is 4.65. The number of nitrogens with zero attached hydrogens (tertiary/aromatic N) is 2. The number of aliphatic carboxylic acids is 2. The zero-order chi connectivity index (χ0) is 12.8. The van der Waals surface area contributed by atoms with E-state index >= 15 is 0 Å². The van der Waals surface area contributed by atoms with Crippen LogP contribution in [0.3, 0.4) is 0 Å². The van der Waals surface area contributed by atoms with Gasteiger partial charge in [-0.05, 0) is 12.5 Å². The first kappa shape index (κ1) is 13.4. The van der Waals surface area contributed by atoms with E-state index in [1.165, 1.54) is 12.4 Å². The zero-order valence-electron chi connectivity index (χ0n) is 8.68. The van der Waals surface area contributed by atoms with Crippen LogP contribution in [-0.4, -0.2) is 43.4 Å². The average molecular weight is 257 g/mol. The van der Waals surface area contributed by atoms with Crippen LogP contribution in [0, 0.1) is 0 Å². The summed E-state index contributed by atoms with van der Waals surface area (Å²) in [4.78, 5) is 29.2. The minimum atomic E-state index is -1.23.